The van der Waals surface area contributed by atoms with Gasteiger partial charge in [-0.25, -0.2) is 0 Å². The topological polar surface area (TPSA) is 211 Å². The molecule has 0 bridgehead atoms. The second-order valence-electron chi connectivity index (χ2n) is 9.97. The van der Waals surface area contributed by atoms with E-state index in [0.717, 1.165) is 0 Å². The Morgan fingerprint density at radius 2 is 1.67 bits per heavy atom. The van der Waals surface area contributed by atoms with Gasteiger partial charge in [0.05, 0.1) is 40.7 Å². The summed E-state index contributed by atoms with van der Waals surface area (Å²) in [4.78, 5) is 39.7. The van der Waals surface area contributed by atoms with Crippen LogP contribution in [0.3, 0.4) is 0 Å². The fourth-order valence-corrected chi connectivity index (χ4v) is 6.30. The predicted molar refractivity (Wildman–Crippen MR) is 139 cm³/mol. The average Bonchev–Trinajstić information content (AvgIpc) is 2.88. The third-order valence-electron chi connectivity index (χ3n) is 7.83. The molecule has 0 saturated heterocycles. The fraction of sp³-hybridized carbons (Fsp3) is 0.259. The lowest BCUT2D eigenvalue weighted by Crippen LogP contribution is -2.72. The molecule has 1 amide bonds. The van der Waals surface area contributed by atoms with Crippen LogP contribution in [0.25, 0.3) is 5.76 Å². The predicted octanol–water partition coefficient (Wildman–Crippen LogP) is 0.00350. The maximum Gasteiger partial charge on any atom is 0.255 e. The molecule has 3 aliphatic carbocycles. The van der Waals surface area contributed by atoms with Crippen molar-refractivity contribution in [2.45, 2.75) is 30.3 Å². The summed E-state index contributed by atoms with van der Waals surface area (Å²) in [5, 5.41) is 70.3. The van der Waals surface area contributed by atoms with Crippen LogP contribution in [0.5, 0.6) is 5.75 Å². The van der Waals surface area contributed by atoms with Gasteiger partial charge in [-0.2, -0.15) is 0 Å². The molecular formula is C27H24N2O9S. The maximum atomic E-state index is 14.0. The molecule has 3 aliphatic rings. The number of aliphatic hydroxyl groups is 5. The summed E-state index contributed by atoms with van der Waals surface area (Å²) in [5.41, 5.74) is -1.67. The number of carbonyl (C=O) groups excluding carboxylic acids is 3. The first-order chi connectivity index (χ1) is 18.3. The first kappa shape index (κ1) is 26.5. The van der Waals surface area contributed by atoms with E-state index in [0.29, 0.717) is 5.56 Å². The molecule has 0 spiro atoms. The molecule has 2 aromatic rings. The second-order valence-corrected chi connectivity index (χ2v) is 10.4. The van der Waals surface area contributed by atoms with Crippen LogP contribution in [0.15, 0.2) is 65.4 Å². The summed E-state index contributed by atoms with van der Waals surface area (Å²) in [7, 11) is 0. The zero-order valence-electron chi connectivity index (χ0n) is 20.3. The lowest BCUT2D eigenvalue weighted by Gasteiger charge is -2.54. The Morgan fingerprint density at radius 3 is 2.28 bits per heavy atom. The number of Topliss-reactive ketones (excluding diaryl/α,β-unsaturated/α-hetero) is 2. The van der Waals surface area contributed by atoms with Crippen LogP contribution in [0.2, 0.25) is 0 Å². The van der Waals surface area contributed by atoms with Gasteiger partial charge in [0.2, 0.25) is 5.78 Å². The lowest BCUT2D eigenvalue weighted by molar-refractivity contribution is -0.176. The number of thiocarbonyl (C=S) groups is 1. The number of nitrogens with two attached hydrogens (primary N) is 1. The Hall–Kier alpha value is -4.10. The van der Waals surface area contributed by atoms with Crippen LogP contribution in [0, 0.1) is 11.8 Å². The number of phenolic OH excluding ortho intramolecular Hbond substituents is 1. The third-order valence-corrected chi connectivity index (χ3v) is 8.19. The Kier molecular flexibility index (Phi) is 5.92. The third kappa shape index (κ3) is 3.46. The first-order valence-corrected chi connectivity index (χ1v) is 12.2. The number of ketones is 2. The van der Waals surface area contributed by atoms with Crippen LogP contribution in [-0.2, 0) is 20.0 Å². The van der Waals surface area contributed by atoms with Crippen LogP contribution in [0.4, 0.5) is 0 Å². The minimum absolute atomic E-state index is 0.0323. The van der Waals surface area contributed by atoms with Gasteiger partial charge in [-0.05, 0) is 18.6 Å². The van der Waals surface area contributed by atoms with Gasteiger partial charge in [0.1, 0.15) is 27.8 Å². The highest BCUT2D eigenvalue weighted by atomic mass is 32.1. The summed E-state index contributed by atoms with van der Waals surface area (Å²) < 4.78 is 0. The molecule has 39 heavy (non-hydrogen) atoms. The number of aliphatic hydroxyl groups excluding tert-OH is 3. The van der Waals surface area contributed by atoms with E-state index >= 15 is 0 Å². The van der Waals surface area contributed by atoms with E-state index in [1.807, 2.05) is 0 Å². The molecule has 6 atom stereocenters. The van der Waals surface area contributed by atoms with Gasteiger partial charge < -0.3 is 41.7 Å². The largest absolute Gasteiger partial charge is 0.508 e. The van der Waals surface area contributed by atoms with Crippen LogP contribution >= 0.6 is 12.2 Å². The van der Waals surface area contributed by atoms with Gasteiger partial charge in [0, 0.05) is 5.56 Å². The molecule has 2 aromatic carbocycles. The summed E-state index contributed by atoms with van der Waals surface area (Å²) in [6.07, 6.45) is -1.99. The normalized spacial score (nSPS) is 31.8. The molecular weight excluding hydrogens is 528 g/mol. The second kappa shape index (κ2) is 8.71. The molecule has 5 rings (SSSR count). The van der Waals surface area contributed by atoms with Crippen molar-refractivity contribution >= 4 is 40.4 Å². The smallest absolute Gasteiger partial charge is 0.255 e. The van der Waals surface area contributed by atoms with Gasteiger partial charge in [0.15, 0.2) is 11.4 Å². The van der Waals surface area contributed by atoms with Crippen molar-refractivity contribution in [1.29, 1.82) is 0 Å². The number of rotatable bonds is 3. The number of nitrogens with one attached hydrogen (secondary N) is 1. The zero-order valence-corrected chi connectivity index (χ0v) is 21.1. The van der Waals surface area contributed by atoms with Crippen molar-refractivity contribution in [3.8, 4) is 5.75 Å². The molecule has 0 aromatic heterocycles. The maximum absolute atomic E-state index is 14.0. The van der Waals surface area contributed by atoms with Gasteiger partial charge in [-0.3, -0.25) is 14.4 Å². The molecule has 0 heterocycles. The minimum Gasteiger partial charge on any atom is -0.508 e. The SMILES string of the molecule is C[C@@]1(O)c2cccc(O)c2C(O)=C2C(=O)[C@]3(O)C(O)=C(C(N)=O)C(=O)[C@@H](NC(=S)c4ccccc4)[C@@H]3[C@@H](O)[C@@H]21. The number of fused-ring (bicyclic) bond motifs is 3. The summed E-state index contributed by atoms with van der Waals surface area (Å²) >= 11 is 5.40. The minimum atomic E-state index is -3.15. The van der Waals surface area contributed by atoms with Gasteiger partial charge >= 0.3 is 0 Å². The highest BCUT2D eigenvalue weighted by molar-refractivity contribution is 7.80. The highest BCUT2D eigenvalue weighted by Gasteiger charge is 2.70. The molecule has 1 saturated carbocycles. The van der Waals surface area contributed by atoms with Crippen LogP contribution in [0.1, 0.15) is 23.6 Å². The Bertz CT molecular complexity index is 1530. The van der Waals surface area contributed by atoms with Crippen molar-refractivity contribution in [3.63, 3.8) is 0 Å². The standard InChI is InChI=1S/C27H24N2O9S/c1-26(37)11-8-5-9-12(30)13(11)19(31)14-16(26)21(33)17-18(29-25(39)10-6-3-2-4-7-10)20(32)15(24(28)36)23(35)27(17,38)22(14)34/h2-9,16-18,21,30-31,33,35,37-38H,1H3,(H2,28,36)(H,29,39)/t16-,17-,18+,21+,26-,27+/m1/s1. The number of amides is 1. The number of primary amides is 1. The van der Waals surface area contributed by atoms with Crippen LogP contribution < -0.4 is 11.1 Å². The molecule has 1 fully saturated rings. The molecule has 202 valence electrons. The van der Waals surface area contributed by atoms with Crippen molar-refractivity contribution < 1.29 is 45.0 Å². The lowest BCUT2D eigenvalue weighted by atomic mass is 9.53. The zero-order chi connectivity index (χ0) is 28.6. The fourth-order valence-electron chi connectivity index (χ4n) is 6.04. The van der Waals surface area contributed by atoms with Gasteiger partial charge in [0.25, 0.3) is 5.91 Å². The summed E-state index contributed by atoms with van der Waals surface area (Å²) in [5.74, 6) is -10.3. The average molecular weight is 553 g/mol. The van der Waals surface area contributed by atoms with E-state index in [9.17, 15) is 45.0 Å². The molecule has 12 heteroatoms. The number of hydrogen-bond acceptors (Lipinski definition) is 10. The van der Waals surface area contributed by atoms with Gasteiger partial charge in [-0.15, -0.1) is 0 Å². The van der Waals surface area contributed by atoms with E-state index in [1.54, 1.807) is 30.3 Å². The van der Waals surface area contributed by atoms with Crippen molar-refractivity contribution in [2.75, 3.05) is 0 Å². The van der Waals surface area contributed by atoms with Gasteiger partial charge in [-0.1, -0.05) is 54.7 Å². The van der Waals surface area contributed by atoms with E-state index < -0.39 is 81.1 Å². The monoisotopic (exact) mass is 552 g/mol. The Morgan fingerprint density at radius 1 is 1.03 bits per heavy atom. The summed E-state index contributed by atoms with van der Waals surface area (Å²) in [6, 6.07) is 10.4. The number of benzene rings is 2. The molecule has 11 nitrogen and oxygen atoms in total. The molecule has 0 unspecified atom stereocenters. The van der Waals surface area contributed by atoms with E-state index in [1.165, 1.54) is 25.1 Å². The quantitative estimate of drug-likeness (QED) is 0.188. The first-order valence-electron chi connectivity index (χ1n) is 11.8. The van der Waals surface area contributed by atoms with Crippen molar-refractivity contribution in [2.24, 2.45) is 17.6 Å². The Labute approximate surface area is 226 Å². The Balaban J connectivity index is 1.76. The van der Waals surface area contributed by atoms with E-state index in [2.05, 4.69) is 5.32 Å². The molecule has 0 aliphatic heterocycles. The number of phenols is 1. The number of hydrogen-bond donors (Lipinski definition) is 8. The van der Waals surface area contributed by atoms with Crippen molar-refractivity contribution in [3.05, 3.63) is 82.1 Å². The number of carbonyl (C=O) groups is 3. The summed E-state index contributed by atoms with van der Waals surface area (Å²) in [6.45, 7) is 1.23. The van der Waals surface area contributed by atoms with Crippen LogP contribution in [-0.4, -0.2) is 70.8 Å². The number of aromatic hydroxyl groups is 1. The molecule has 0 radical (unpaired) electrons. The highest BCUT2D eigenvalue weighted by Crippen LogP contribution is 2.56. The molecule has 9 N–H and O–H groups in total. The van der Waals surface area contributed by atoms with E-state index in [-0.39, 0.29) is 16.1 Å². The van der Waals surface area contributed by atoms with E-state index in [4.69, 9.17) is 18.0 Å². The van der Waals surface area contributed by atoms with Crippen molar-refractivity contribution in [1.82, 2.24) is 5.32 Å².